The molecule has 0 saturated heterocycles. The fourth-order valence-corrected chi connectivity index (χ4v) is 0. The van der Waals surface area contributed by atoms with Crippen LogP contribution in [0.4, 0.5) is 0 Å². The van der Waals surface area contributed by atoms with E-state index in [0.29, 0.717) is 0 Å². The molecule has 1 heteroatoms. The Morgan fingerprint density at radius 3 is 0.500 bits per heavy atom. The van der Waals surface area contributed by atoms with Gasteiger partial charge in [0.15, 0.2) is 0 Å². The van der Waals surface area contributed by atoms with Gasteiger partial charge in [0, 0.05) is 0 Å². The monoisotopic (exact) mass is 116 g/mol. The van der Waals surface area contributed by atoms with E-state index in [2.05, 4.69) is 7.85 Å². The molecule has 0 aromatic carbocycles. The fraction of sp³-hybridized carbons (Fsp3) is 1.00. The zero-order valence-corrected chi connectivity index (χ0v) is 7.58. The van der Waals surface area contributed by atoms with Crippen LogP contribution in [-0.4, -0.2) is 7.85 Å². The maximum Gasteiger partial charge on any atom is 0.0606 e. The van der Waals surface area contributed by atoms with Crippen LogP contribution in [0.5, 0.6) is 0 Å². The number of hydrogen-bond donors (Lipinski definition) is 0. The molecule has 2 radical (unpaired) electrons. The molecule has 0 aliphatic heterocycles. The summed E-state index contributed by atoms with van der Waals surface area (Å²) in [6.07, 6.45) is 0. The van der Waals surface area contributed by atoms with Crippen molar-refractivity contribution >= 4 is 7.85 Å². The molecule has 0 amide bonds. The van der Waals surface area contributed by atoms with Gasteiger partial charge in [-0.25, -0.2) is 0 Å². The van der Waals surface area contributed by atoms with Gasteiger partial charge in [0.25, 0.3) is 0 Å². The summed E-state index contributed by atoms with van der Waals surface area (Å²) in [5.41, 5.74) is 0. The Balaban J connectivity index is -0.0000000133. The van der Waals surface area contributed by atoms with E-state index >= 15 is 0 Å². The van der Waals surface area contributed by atoms with E-state index in [1.165, 1.54) is 6.82 Å². The Morgan fingerprint density at radius 1 is 0.500 bits per heavy atom. The van der Waals surface area contributed by atoms with Crippen molar-refractivity contribution in [1.29, 1.82) is 0 Å². The van der Waals surface area contributed by atoms with Gasteiger partial charge in [0.2, 0.25) is 0 Å². The standard InChI is InChI=1S/3C2H6.CH3B/c4*1-2/h3*1-2H3;1H3. The maximum atomic E-state index is 4.50. The van der Waals surface area contributed by atoms with Crippen molar-refractivity contribution < 1.29 is 0 Å². The molecule has 0 atom stereocenters. The predicted octanol–water partition coefficient (Wildman–Crippen LogP) is 3.28. The smallest absolute Gasteiger partial charge is 0.0606 e. The number of rotatable bonds is 0. The van der Waals surface area contributed by atoms with Gasteiger partial charge in [-0.2, -0.15) is 0 Å². The van der Waals surface area contributed by atoms with E-state index in [9.17, 15) is 0 Å². The summed E-state index contributed by atoms with van der Waals surface area (Å²) < 4.78 is 0. The van der Waals surface area contributed by atoms with Crippen LogP contribution < -0.4 is 0 Å². The van der Waals surface area contributed by atoms with Crippen LogP contribution in [0.25, 0.3) is 0 Å². The van der Waals surface area contributed by atoms with Gasteiger partial charge in [-0.05, 0) is 0 Å². The van der Waals surface area contributed by atoms with Gasteiger partial charge < -0.3 is 0 Å². The first-order valence-electron chi connectivity index (χ1n) is 3.58. The first kappa shape index (κ1) is 24.4. The molecule has 0 fully saturated rings. The van der Waals surface area contributed by atoms with Crippen LogP contribution in [0.15, 0.2) is 0 Å². The van der Waals surface area contributed by atoms with E-state index in [0.717, 1.165) is 0 Å². The topological polar surface area (TPSA) is 0 Å². The maximum absolute atomic E-state index is 4.50. The van der Waals surface area contributed by atoms with Crippen molar-refractivity contribution in [1.82, 2.24) is 0 Å². The lowest BCUT2D eigenvalue weighted by atomic mass is 10.2. The molecule has 0 aromatic rings. The molecule has 0 N–H and O–H groups in total. The molecule has 52 valence electrons. The van der Waals surface area contributed by atoms with E-state index < -0.39 is 0 Å². The van der Waals surface area contributed by atoms with Gasteiger partial charge in [0.1, 0.15) is 0 Å². The zero-order chi connectivity index (χ0) is 8.00. The quantitative estimate of drug-likeness (QED) is 0.426. The van der Waals surface area contributed by atoms with Gasteiger partial charge in [-0.15, -0.1) is 0 Å². The normalized spacial score (nSPS) is 2.88. The van der Waals surface area contributed by atoms with Gasteiger partial charge in [-0.3, -0.25) is 0 Å². The number of hydrogen-bond acceptors (Lipinski definition) is 0. The Morgan fingerprint density at radius 2 is 0.500 bits per heavy atom. The Hall–Kier alpha value is 0.0649. The minimum Gasteiger partial charge on any atom is -0.0999 e. The van der Waals surface area contributed by atoms with Crippen LogP contribution in [0, 0.1) is 0 Å². The highest BCUT2D eigenvalue weighted by Gasteiger charge is 0.984. The Bertz CT molecular complexity index is 4.35. The van der Waals surface area contributed by atoms with E-state index in [1.807, 2.05) is 41.5 Å². The first-order valence-corrected chi connectivity index (χ1v) is 3.58. The van der Waals surface area contributed by atoms with Crippen molar-refractivity contribution in [2.45, 2.75) is 48.4 Å². The third-order valence-corrected chi connectivity index (χ3v) is 0. The third-order valence-electron chi connectivity index (χ3n) is 0. The second kappa shape index (κ2) is 61600. The van der Waals surface area contributed by atoms with Crippen LogP contribution in [0.3, 0.4) is 0 Å². The highest BCUT2D eigenvalue weighted by molar-refractivity contribution is 6.05. The molecule has 0 saturated carbocycles. The first-order chi connectivity index (χ1) is 4.00. The van der Waals surface area contributed by atoms with E-state index in [1.54, 1.807) is 0 Å². The van der Waals surface area contributed by atoms with Gasteiger partial charge >= 0.3 is 0 Å². The summed E-state index contributed by atoms with van der Waals surface area (Å²) in [6, 6.07) is 0. The Kier molecular flexibility index (Phi) is 188000. The highest BCUT2D eigenvalue weighted by atomic mass is 13.0. The molecule has 0 rings (SSSR count). The largest absolute Gasteiger partial charge is 0.0999 e. The molecule has 8 heavy (non-hydrogen) atoms. The second-order valence-electron chi connectivity index (χ2n) is 0. The van der Waals surface area contributed by atoms with Gasteiger partial charge in [-0.1, -0.05) is 48.4 Å². The van der Waals surface area contributed by atoms with Crippen molar-refractivity contribution in [2.24, 2.45) is 0 Å². The molecular weight excluding hydrogens is 94.9 g/mol. The van der Waals surface area contributed by atoms with Crippen molar-refractivity contribution in [3.8, 4) is 0 Å². The second-order valence-corrected chi connectivity index (χ2v) is 0. The molecule has 0 spiro atoms. The van der Waals surface area contributed by atoms with Crippen LogP contribution in [-0.2, 0) is 0 Å². The predicted molar refractivity (Wildman–Crippen MR) is 45.7 cm³/mol. The molecular formula is C7H21B. The van der Waals surface area contributed by atoms with E-state index in [4.69, 9.17) is 0 Å². The molecule has 0 heterocycles. The average Bonchev–Trinajstić information content (AvgIpc) is 2.03. The molecule has 0 bridgehead atoms. The zero-order valence-electron chi connectivity index (χ0n) is 7.58. The minimum atomic E-state index is 1.50. The third kappa shape index (κ3) is 36900. The minimum absolute atomic E-state index is 1.50. The SMILES string of the molecule is CC.CC.CC.[B]C. The van der Waals surface area contributed by atoms with Crippen molar-refractivity contribution in [3.05, 3.63) is 0 Å². The molecule has 0 aliphatic rings. The van der Waals surface area contributed by atoms with Crippen LogP contribution >= 0.6 is 0 Å². The van der Waals surface area contributed by atoms with Crippen LogP contribution in [0.2, 0.25) is 6.82 Å². The fourth-order valence-electron chi connectivity index (χ4n) is 0. The summed E-state index contributed by atoms with van der Waals surface area (Å²) in [5.74, 6) is 0. The lowest BCUT2D eigenvalue weighted by Gasteiger charge is -1.07. The lowest BCUT2D eigenvalue weighted by molar-refractivity contribution is 1.50. The van der Waals surface area contributed by atoms with Crippen LogP contribution in [0.1, 0.15) is 41.5 Å². The summed E-state index contributed by atoms with van der Waals surface area (Å²) >= 11 is 0. The van der Waals surface area contributed by atoms with Gasteiger partial charge in [0.05, 0.1) is 7.85 Å². The summed E-state index contributed by atoms with van der Waals surface area (Å²) in [6.45, 7) is 13.5. The lowest BCUT2D eigenvalue weighted by Crippen LogP contribution is -1.13. The van der Waals surface area contributed by atoms with Crippen molar-refractivity contribution in [3.63, 3.8) is 0 Å². The van der Waals surface area contributed by atoms with Crippen molar-refractivity contribution in [2.75, 3.05) is 0 Å². The van der Waals surface area contributed by atoms with E-state index in [-0.39, 0.29) is 0 Å². The molecule has 0 unspecified atom stereocenters. The highest BCUT2D eigenvalue weighted by Crippen LogP contribution is 1.15. The summed E-state index contributed by atoms with van der Waals surface area (Å²) in [4.78, 5) is 0. The summed E-state index contributed by atoms with van der Waals surface area (Å²) in [7, 11) is 4.50. The molecule has 0 aromatic heterocycles. The molecule has 0 nitrogen and oxygen atoms in total. The average molecular weight is 116 g/mol. The molecule has 0 aliphatic carbocycles. The Labute approximate surface area is 57.1 Å². The summed E-state index contributed by atoms with van der Waals surface area (Å²) in [5, 5.41) is 0.